The molecule has 20 heavy (non-hydrogen) atoms. The average Bonchev–Trinajstić information content (AvgIpc) is 2.37. The highest BCUT2D eigenvalue weighted by atomic mass is 16.5. The Morgan fingerprint density at radius 2 is 1.95 bits per heavy atom. The van der Waals surface area contributed by atoms with Gasteiger partial charge in [0, 0.05) is 13.2 Å². The van der Waals surface area contributed by atoms with E-state index in [2.05, 4.69) is 29.2 Å². The number of nitrogen functional groups attached to an aromatic ring is 1. The highest BCUT2D eigenvalue weighted by Gasteiger charge is 2.25. The van der Waals surface area contributed by atoms with E-state index in [9.17, 15) is 0 Å². The molecule has 1 aliphatic carbocycles. The fourth-order valence-electron chi connectivity index (χ4n) is 2.94. The highest BCUT2D eigenvalue weighted by Crippen LogP contribution is 2.31. The number of nitrogens with zero attached hydrogens (tertiary/aromatic N) is 2. The molecular weight excluding hydrogens is 256 g/mol. The highest BCUT2D eigenvalue weighted by molar-refractivity contribution is 5.37. The fraction of sp³-hybridized carbons (Fsp3) is 0.714. The number of methoxy groups -OCH3 is 1. The van der Waals surface area contributed by atoms with Crippen molar-refractivity contribution in [3.8, 4) is 5.88 Å². The third kappa shape index (κ3) is 4.05. The summed E-state index contributed by atoms with van der Waals surface area (Å²) in [5.41, 5.74) is 2.53. The number of nitrogens with two attached hydrogens (primary N) is 1. The molecular formula is C14H24N4O2. The molecule has 0 amide bonds. The fourth-order valence-corrected chi connectivity index (χ4v) is 2.94. The minimum Gasteiger partial charge on any atom is -0.474 e. The summed E-state index contributed by atoms with van der Waals surface area (Å²) in [5.74, 6) is 8.47. The van der Waals surface area contributed by atoms with Crippen LogP contribution in [0.4, 0.5) is 5.82 Å². The summed E-state index contributed by atoms with van der Waals surface area (Å²) in [5, 5.41) is 0. The van der Waals surface area contributed by atoms with Crippen LogP contribution >= 0.6 is 0 Å². The number of hydrazine groups is 1. The molecule has 6 heteroatoms. The molecule has 0 saturated heterocycles. The van der Waals surface area contributed by atoms with Gasteiger partial charge in [-0.1, -0.05) is 13.8 Å². The largest absolute Gasteiger partial charge is 0.474 e. The maximum atomic E-state index is 6.02. The number of ether oxygens (including phenoxy) is 2. The molecule has 0 aromatic carbocycles. The zero-order valence-corrected chi connectivity index (χ0v) is 12.4. The summed E-state index contributed by atoms with van der Waals surface area (Å²) >= 11 is 0. The lowest BCUT2D eigenvalue weighted by Crippen LogP contribution is -2.29. The van der Waals surface area contributed by atoms with Gasteiger partial charge in [0.05, 0.1) is 0 Å². The monoisotopic (exact) mass is 280 g/mol. The summed E-state index contributed by atoms with van der Waals surface area (Å²) in [6.07, 6.45) is 3.62. The van der Waals surface area contributed by atoms with Gasteiger partial charge in [0.2, 0.25) is 5.88 Å². The molecule has 1 aromatic rings. The Balaban J connectivity index is 2.09. The Morgan fingerprint density at radius 3 is 2.55 bits per heavy atom. The van der Waals surface area contributed by atoms with E-state index >= 15 is 0 Å². The number of hydrogen-bond acceptors (Lipinski definition) is 6. The van der Waals surface area contributed by atoms with E-state index in [1.165, 1.54) is 6.42 Å². The Labute approximate surface area is 120 Å². The average molecular weight is 280 g/mol. The standard InChI is InChI=1S/C14H24N4O2/c1-9-4-10(2)6-11(5-9)20-14-7-12(18-15)16-13(17-14)8-19-3/h7,9-11H,4-6,8,15H2,1-3H3,(H,16,17,18). The van der Waals surface area contributed by atoms with Gasteiger partial charge in [-0.2, -0.15) is 4.98 Å². The lowest BCUT2D eigenvalue weighted by molar-refractivity contribution is 0.0954. The quantitative estimate of drug-likeness (QED) is 0.635. The molecule has 2 atom stereocenters. The number of rotatable bonds is 5. The van der Waals surface area contributed by atoms with Gasteiger partial charge in [-0.15, -0.1) is 0 Å². The molecule has 3 N–H and O–H groups in total. The molecule has 112 valence electrons. The number of anilines is 1. The van der Waals surface area contributed by atoms with Gasteiger partial charge in [0.25, 0.3) is 0 Å². The van der Waals surface area contributed by atoms with Crippen LogP contribution < -0.4 is 16.0 Å². The van der Waals surface area contributed by atoms with E-state index in [1.54, 1.807) is 13.2 Å². The maximum absolute atomic E-state index is 6.02. The van der Waals surface area contributed by atoms with Crippen molar-refractivity contribution in [2.75, 3.05) is 12.5 Å². The molecule has 6 nitrogen and oxygen atoms in total. The molecule has 1 fully saturated rings. The second-order valence-electron chi connectivity index (χ2n) is 5.74. The summed E-state index contributed by atoms with van der Waals surface area (Å²) in [7, 11) is 1.61. The van der Waals surface area contributed by atoms with E-state index in [0.29, 0.717) is 36.0 Å². The molecule has 1 saturated carbocycles. The normalized spacial score (nSPS) is 26.3. The summed E-state index contributed by atoms with van der Waals surface area (Å²) in [4.78, 5) is 8.57. The summed E-state index contributed by atoms with van der Waals surface area (Å²) in [6, 6.07) is 1.73. The van der Waals surface area contributed by atoms with Crippen molar-refractivity contribution < 1.29 is 9.47 Å². The topological polar surface area (TPSA) is 82.3 Å². The first-order valence-corrected chi connectivity index (χ1v) is 7.10. The second kappa shape index (κ2) is 6.85. The van der Waals surface area contributed by atoms with Crippen molar-refractivity contribution in [3.05, 3.63) is 11.9 Å². The molecule has 0 radical (unpaired) electrons. The van der Waals surface area contributed by atoms with Crippen molar-refractivity contribution in [2.24, 2.45) is 17.7 Å². The molecule has 2 rings (SSSR count). The van der Waals surface area contributed by atoms with Crippen LogP contribution in [-0.4, -0.2) is 23.2 Å². The van der Waals surface area contributed by atoms with Crippen LogP contribution in [0, 0.1) is 11.8 Å². The molecule has 0 bridgehead atoms. The molecule has 1 aliphatic rings. The van der Waals surface area contributed by atoms with E-state index in [1.807, 2.05) is 0 Å². The van der Waals surface area contributed by atoms with Crippen LogP contribution in [-0.2, 0) is 11.3 Å². The van der Waals surface area contributed by atoms with Crippen molar-refractivity contribution in [3.63, 3.8) is 0 Å². The number of nitrogens with one attached hydrogen (secondary N) is 1. The van der Waals surface area contributed by atoms with Crippen molar-refractivity contribution in [1.29, 1.82) is 0 Å². The van der Waals surface area contributed by atoms with E-state index in [-0.39, 0.29) is 6.10 Å². The lowest BCUT2D eigenvalue weighted by atomic mass is 9.82. The summed E-state index contributed by atoms with van der Waals surface area (Å²) in [6.45, 7) is 4.88. The Hall–Kier alpha value is -1.40. The first-order valence-electron chi connectivity index (χ1n) is 7.10. The predicted molar refractivity (Wildman–Crippen MR) is 77.2 cm³/mol. The lowest BCUT2D eigenvalue weighted by Gasteiger charge is -2.31. The third-order valence-electron chi connectivity index (χ3n) is 3.59. The third-order valence-corrected chi connectivity index (χ3v) is 3.59. The Morgan fingerprint density at radius 1 is 1.25 bits per heavy atom. The zero-order valence-electron chi connectivity index (χ0n) is 12.4. The SMILES string of the molecule is COCc1nc(NN)cc(OC2CC(C)CC(C)C2)n1. The first kappa shape index (κ1) is 15.0. The van der Waals surface area contributed by atoms with Gasteiger partial charge in [-0.3, -0.25) is 0 Å². The van der Waals surface area contributed by atoms with Crippen molar-refractivity contribution in [1.82, 2.24) is 9.97 Å². The van der Waals surface area contributed by atoms with E-state index in [0.717, 1.165) is 12.8 Å². The van der Waals surface area contributed by atoms with Gasteiger partial charge in [0.15, 0.2) is 5.82 Å². The Kier molecular flexibility index (Phi) is 5.14. The van der Waals surface area contributed by atoms with Gasteiger partial charge >= 0.3 is 0 Å². The molecule has 2 unspecified atom stereocenters. The maximum Gasteiger partial charge on any atom is 0.219 e. The van der Waals surface area contributed by atoms with Crippen LogP contribution in [0.5, 0.6) is 5.88 Å². The zero-order chi connectivity index (χ0) is 14.5. The van der Waals surface area contributed by atoms with Gasteiger partial charge in [-0.05, 0) is 31.1 Å². The van der Waals surface area contributed by atoms with Crippen molar-refractivity contribution in [2.45, 2.75) is 45.8 Å². The van der Waals surface area contributed by atoms with Crippen LogP contribution in [0.25, 0.3) is 0 Å². The van der Waals surface area contributed by atoms with E-state index in [4.69, 9.17) is 15.3 Å². The molecule has 0 aliphatic heterocycles. The number of hydrogen-bond donors (Lipinski definition) is 2. The molecule has 0 spiro atoms. The summed E-state index contributed by atoms with van der Waals surface area (Å²) < 4.78 is 11.1. The van der Waals surface area contributed by atoms with Crippen molar-refractivity contribution >= 4 is 5.82 Å². The smallest absolute Gasteiger partial charge is 0.219 e. The van der Waals surface area contributed by atoms with Crippen LogP contribution in [0.2, 0.25) is 0 Å². The first-order chi connectivity index (χ1) is 9.60. The van der Waals surface area contributed by atoms with Gasteiger partial charge < -0.3 is 14.9 Å². The predicted octanol–water partition coefficient (Wildman–Crippen LogP) is 2.11. The van der Waals surface area contributed by atoms with Gasteiger partial charge in [0.1, 0.15) is 18.5 Å². The van der Waals surface area contributed by atoms with E-state index < -0.39 is 0 Å². The Bertz CT molecular complexity index is 431. The van der Waals surface area contributed by atoms with Crippen LogP contribution in [0.15, 0.2) is 6.07 Å². The minimum absolute atomic E-state index is 0.213. The van der Waals surface area contributed by atoms with Crippen LogP contribution in [0.1, 0.15) is 38.9 Å². The minimum atomic E-state index is 0.213. The van der Waals surface area contributed by atoms with Gasteiger partial charge in [-0.25, -0.2) is 10.8 Å². The second-order valence-corrected chi connectivity index (χ2v) is 5.74. The molecule has 1 heterocycles. The molecule has 1 aromatic heterocycles. The van der Waals surface area contributed by atoms with Crippen LogP contribution in [0.3, 0.4) is 0 Å². The number of aromatic nitrogens is 2.